The summed E-state index contributed by atoms with van der Waals surface area (Å²) in [5, 5.41) is 0. The van der Waals surface area contributed by atoms with Crippen LogP contribution in [0.25, 0.3) is 0 Å². The second kappa shape index (κ2) is 4.56. The zero-order valence-corrected chi connectivity index (χ0v) is 7.92. The van der Waals surface area contributed by atoms with Gasteiger partial charge >= 0.3 is 0 Å². The van der Waals surface area contributed by atoms with E-state index in [1.54, 1.807) is 6.92 Å². The van der Waals surface area contributed by atoms with Crippen molar-refractivity contribution in [2.24, 2.45) is 0 Å². The molecule has 2 nitrogen and oxygen atoms in total. The number of hydrogen-bond donors (Lipinski definition) is 0. The molecule has 0 bridgehead atoms. The summed E-state index contributed by atoms with van der Waals surface area (Å²) in [5.74, 6) is -0.540. The van der Waals surface area contributed by atoms with Gasteiger partial charge in [-0.15, -0.1) is 0 Å². The third-order valence-electron chi connectivity index (χ3n) is 1.59. The molecule has 0 spiro atoms. The summed E-state index contributed by atoms with van der Waals surface area (Å²) in [7, 11) is 0. The molecule has 0 aliphatic carbocycles. The Hall–Kier alpha value is -1.64. The third-order valence-corrected chi connectivity index (χ3v) is 1.59. The first-order chi connectivity index (χ1) is 6.65. The number of rotatable bonds is 4. The topological polar surface area (TPSA) is 26.3 Å². The molecule has 14 heavy (non-hydrogen) atoms. The van der Waals surface area contributed by atoms with Crippen molar-refractivity contribution in [1.29, 1.82) is 0 Å². The zero-order valence-electron chi connectivity index (χ0n) is 7.92. The molecule has 0 aliphatic heterocycles. The standard InChI is InChI=1S/C11H11FO2/c1-8(2)7-14-11-9(6-13)4-3-5-10(11)12/h3-6H,1,7H2,2H3. The predicted octanol–water partition coefficient (Wildman–Crippen LogP) is 2.59. The molecule has 74 valence electrons. The minimum Gasteiger partial charge on any atom is -0.485 e. The fourth-order valence-corrected chi connectivity index (χ4v) is 0.966. The van der Waals surface area contributed by atoms with Gasteiger partial charge in [0.25, 0.3) is 0 Å². The van der Waals surface area contributed by atoms with E-state index in [4.69, 9.17) is 4.74 Å². The van der Waals surface area contributed by atoms with E-state index in [1.807, 2.05) is 0 Å². The van der Waals surface area contributed by atoms with Gasteiger partial charge in [-0.25, -0.2) is 4.39 Å². The number of aldehydes is 1. The van der Waals surface area contributed by atoms with E-state index < -0.39 is 5.82 Å². The number of halogens is 1. The summed E-state index contributed by atoms with van der Waals surface area (Å²) in [4.78, 5) is 10.6. The highest BCUT2D eigenvalue weighted by atomic mass is 19.1. The molecule has 0 atom stereocenters. The fraction of sp³-hybridized carbons (Fsp3) is 0.182. The maximum atomic E-state index is 13.2. The van der Waals surface area contributed by atoms with Gasteiger partial charge in [-0.05, 0) is 24.6 Å². The van der Waals surface area contributed by atoms with Gasteiger partial charge in [0.2, 0.25) is 0 Å². The molecule has 1 aromatic carbocycles. The molecule has 1 rings (SSSR count). The number of para-hydroxylation sites is 1. The Morgan fingerprint density at radius 3 is 2.93 bits per heavy atom. The zero-order chi connectivity index (χ0) is 10.6. The monoisotopic (exact) mass is 194 g/mol. The van der Waals surface area contributed by atoms with Crippen molar-refractivity contribution in [2.45, 2.75) is 6.92 Å². The first kappa shape index (κ1) is 10.4. The summed E-state index contributed by atoms with van der Waals surface area (Å²) < 4.78 is 18.3. The Morgan fingerprint density at radius 1 is 1.64 bits per heavy atom. The quantitative estimate of drug-likeness (QED) is 0.544. The van der Waals surface area contributed by atoms with Crippen LogP contribution in [0.5, 0.6) is 5.75 Å². The number of benzene rings is 1. The second-order valence-electron chi connectivity index (χ2n) is 3.02. The van der Waals surface area contributed by atoms with Crippen molar-refractivity contribution >= 4 is 6.29 Å². The minimum absolute atomic E-state index is 0.00880. The highest BCUT2D eigenvalue weighted by molar-refractivity contribution is 5.79. The van der Waals surface area contributed by atoms with Gasteiger partial charge in [-0.1, -0.05) is 12.6 Å². The molecule has 0 unspecified atom stereocenters. The third kappa shape index (κ3) is 2.42. The molecule has 0 heterocycles. The van der Waals surface area contributed by atoms with E-state index >= 15 is 0 Å². The number of ether oxygens (including phenoxy) is 1. The molecule has 0 saturated carbocycles. The Labute approximate surface area is 82.0 Å². The summed E-state index contributed by atoms with van der Waals surface area (Å²) >= 11 is 0. The molecule has 1 aromatic rings. The highest BCUT2D eigenvalue weighted by Gasteiger charge is 2.08. The van der Waals surface area contributed by atoms with Crippen LogP contribution in [-0.2, 0) is 0 Å². The van der Waals surface area contributed by atoms with Crippen molar-refractivity contribution in [2.75, 3.05) is 6.61 Å². The molecule has 0 saturated heterocycles. The van der Waals surface area contributed by atoms with Crippen LogP contribution in [-0.4, -0.2) is 12.9 Å². The normalized spacial score (nSPS) is 9.57. The first-order valence-corrected chi connectivity index (χ1v) is 4.16. The van der Waals surface area contributed by atoms with Gasteiger partial charge in [0, 0.05) is 0 Å². The van der Waals surface area contributed by atoms with Crippen LogP contribution >= 0.6 is 0 Å². The highest BCUT2D eigenvalue weighted by Crippen LogP contribution is 2.21. The Morgan fingerprint density at radius 2 is 2.36 bits per heavy atom. The van der Waals surface area contributed by atoms with Gasteiger partial charge in [0.1, 0.15) is 6.61 Å². The van der Waals surface area contributed by atoms with E-state index in [1.165, 1.54) is 18.2 Å². The molecular weight excluding hydrogens is 183 g/mol. The predicted molar refractivity (Wildman–Crippen MR) is 52.1 cm³/mol. The SMILES string of the molecule is C=C(C)COc1c(F)cccc1C=O. The second-order valence-corrected chi connectivity index (χ2v) is 3.02. The first-order valence-electron chi connectivity index (χ1n) is 4.16. The maximum absolute atomic E-state index is 13.2. The van der Waals surface area contributed by atoms with Crippen LogP contribution in [0.3, 0.4) is 0 Å². The van der Waals surface area contributed by atoms with Gasteiger partial charge in [-0.3, -0.25) is 4.79 Å². The summed E-state index contributed by atoms with van der Waals surface area (Å²) in [6.45, 7) is 5.59. The van der Waals surface area contributed by atoms with Crippen molar-refractivity contribution < 1.29 is 13.9 Å². The van der Waals surface area contributed by atoms with Gasteiger partial charge in [0.15, 0.2) is 17.9 Å². The molecule has 0 radical (unpaired) electrons. The lowest BCUT2D eigenvalue weighted by Gasteiger charge is -2.08. The summed E-state index contributed by atoms with van der Waals surface area (Å²) in [5.41, 5.74) is 0.983. The fourth-order valence-electron chi connectivity index (χ4n) is 0.966. The Balaban J connectivity index is 2.93. The minimum atomic E-state index is -0.532. The van der Waals surface area contributed by atoms with E-state index in [2.05, 4.69) is 6.58 Å². The number of carbonyl (C=O) groups is 1. The molecule has 0 fully saturated rings. The summed E-state index contributed by atoms with van der Waals surface area (Å²) in [6, 6.07) is 4.22. The van der Waals surface area contributed by atoms with Crippen LogP contribution in [0, 0.1) is 5.82 Å². The molecule has 0 aromatic heterocycles. The van der Waals surface area contributed by atoms with E-state index in [0.717, 1.165) is 5.57 Å². The molecule has 0 aliphatic rings. The lowest BCUT2D eigenvalue weighted by atomic mass is 10.2. The van der Waals surface area contributed by atoms with Gasteiger partial charge in [-0.2, -0.15) is 0 Å². The van der Waals surface area contributed by atoms with Crippen LogP contribution < -0.4 is 4.74 Å². The lowest BCUT2D eigenvalue weighted by Crippen LogP contribution is -2.02. The van der Waals surface area contributed by atoms with Crippen molar-refractivity contribution in [3.8, 4) is 5.75 Å². The maximum Gasteiger partial charge on any atom is 0.165 e. The van der Waals surface area contributed by atoms with Crippen LogP contribution in [0.1, 0.15) is 17.3 Å². The van der Waals surface area contributed by atoms with Crippen LogP contribution in [0.2, 0.25) is 0 Å². The van der Waals surface area contributed by atoms with Crippen molar-refractivity contribution in [3.05, 3.63) is 41.7 Å². The van der Waals surface area contributed by atoms with Crippen molar-refractivity contribution in [3.63, 3.8) is 0 Å². The average molecular weight is 194 g/mol. The molecule has 0 N–H and O–H groups in total. The van der Waals surface area contributed by atoms with E-state index in [9.17, 15) is 9.18 Å². The number of hydrogen-bond acceptors (Lipinski definition) is 2. The smallest absolute Gasteiger partial charge is 0.165 e. The Bertz CT molecular complexity index is 358. The van der Waals surface area contributed by atoms with Gasteiger partial charge < -0.3 is 4.74 Å². The molecular formula is C11H11FO2. The van der Waals surface area contributed by atoms with Crippen LogP contribution in [0.15, 0.2) is 30.4 Å². The molecule has 3 heteroatoms. The largest absolute Gasteiger partial charge is 0.485 e. The lowest BCUT2D eigenvalue weighted by molar-refractivity contribution is 0.111. The van der Waals surface area contributed by atoms with E-state index in [-0.39, 0.29) is 17.9 Å². The van der Waals surface area contributed by atoms with Gasteiger partial charge in [0.05, 0.1) is 5.56 Å². The number of carbonyl (C=O) groups excluding carboxylic acids is 1. The van der Waals surface area contributed by atoms with Crippen LogP contribution in [0.4, 0.5) is 4.39 Å². The average Bonchev–Trinajstić information content (AvgIpc) is 2.15. The van der Waals surface area contributed by atoms with E-state index in [0.29, 0.717) is 6.29 Å². The molecule has 0 amide bonds. The summed E-state index contributed by atoms with van der Waals surface area (Å²) in [6.07, 6.45) is 0.566. The Kier molecular flexibility index (Phi) is 3.40. The van der Waals surface area contributed by atoms with Crippen molar-refractivity contribution in [1.82, 2.24) is 0 Å².